The van der Waals surface area contributed by atoms with Crippen LogP contribution < -0.4 is 0 Å². The molecule has 1 atom stereocenters. The van der Waals surface area contributed by atoms with E-state index in [2.05, 4.69) is 28.9 Å². The van der Waals surface area contributed by atoms with Gasteiger partial charge in [0.2, 0.25) is 0 Å². The summed E-state index contributed by atoms with van der Waals surface area (Å²) in [7, 11) is 1.93. The summed E-state index contributed by atoms with van der Waals surface area (Å²) in [5.74, 6) is 3.16. The van der Waals surface area contributed by atoms with Gasteiger partial charge in [0.05, 0.1) is 6.54 Å². The SMILES string of the molecule is CCc1ccc(CN2CCC([C@H](O)c3nccn3C)CC2)o1. The minimum absolute atomic E-state index is 0.292. The maximum absolute atomic E-state index is 10.5. The highest BCUT2D eigenvalue weighted by molar-refractivity contribution is 5.07. The molecule has 2 aromatic heterocycles. The van der Waals surface area contributed by atoms with Crippen molar-refractivity contribution in [2.75, 3.05) is 13.1 Å². The normalized spacial score (nSPS) is 18.7. The van der Waals surface area contributed by atoms with Crippen molar-refractivity contribution in [1.29, 1.82) is 0 Å². The summed E-state index contributed by atoms with van der Waals surface area (Å²) in [6, 6.07) is 4.14. The average Bonchev–Trinajstić information content (AvgIpc) is 3.16. The Morgan fingerprint density at radius 1 is 1.32 bits per heavy atom. The number of aliphatic hydroxyl groups excluding tert-OH is 1. The molecule has 0 bridgehead atoms. The zero-order valence-electron chi connectivity index (χ0n) is 13.4. The minimum atomic E-state index is -0.461. The number of rotatable bonds is 5. The Balaban J connectivity index is 1.53. The van der Waals surface area contributed by atoms with Gasteiger partial charge in [0.25, 0.3) is 0 Å². The molecule has 1 aliphatic heterocycles. The highest BCUT2D eigenvalue weighted by Gasteiger charge is 2.28. The Hall–Kier alpha value is -1.59. The van der Waals surface area contributed by atoms with E-state index in [4.69, 9.17) is 4.42 Å². The van der Waals surface area contributed by atoms with Crippen LogP contribution in [0.15, 0.2) is 28.9 Å². The van der Waals surface area contributed by atoms with Gasteiger partial charge in [0.15, 0.2) is 0 Å². The zero-order valence-corrected chi connectivity index (χ0v) is 13.4. The van der Waals surface area contributed by atoms with Gasteiger partial charge in [-0.25, -0.2) is 4.98 Å². The number of hydrogen-bond acceptors (Lipinski definition) is 4. The van der Waals surface area contributed by atoms with E-state index in [0.717, 1.165) is 56.2 Å². The van der Waals surface area contributed by atoms with Crippen LogP contribution in [-0.2, 0) is 20.0 Å². The van der Waals surface area contributed by atoms with Crippen LogP contribution in [0.2, 0.25) is 0 Å². The van der Waals surface area contributed by atoms with Gasteiger partial charge in [0.1, 0.15) is 23.4 Å². The van der Waals surface area contributed by atoms with E-state index in [-0.39, 0.29) is 0 Å². The second-order valence-electron chi connectivity index (χ2n) is 6.18. The summed E-state index contributed by atoms with van der Waals surface area (Å²) in [5, 5.41) is 10.5. The number of nitrogens with zero attached hydrogens (tertiary/aromatic N) is 3. The summed E-state index contributed by atoms with van der Waals surface area (Å²) in [5.41, 5.74) is 0. The quantitative estimate of drug-likeness (QED) is 0.922. The fourth-order valence-corrected chi connectivity index (χ4v) is 3.22. The first-order valence-corrected chi connectivity index (χ1v) is 8.12. The van der Waals surface area contributed by atoms with Crippen molar-refractivity contribution in [3.63, 3.8) is 0 Å². The van der Waals surface area contributed by atoms with E-state index in [9.17, 15) is 5.11 Å². The highest BCUT2D eigenvalue weighted by atomic mass is 16.3. The molecule has 0 aromatic carbocycles. The molecule has 0 radical (unpaired) electrons. The van der Waals surface area contributed by atoms with Gasteiger partial charge in [-0.15, -0.1) is 0 Å². The lowest BCUT2D eigenvalue weighted by atomic mass is 9.90. The average molecular weight is 303 g/mol. The van der Waals surface area contributed by atoms with Gasteiger partial charge in [0, 0.05) is 25.9 Å². The molecule has 3 heterocycles. The van der Waals surface area contributed by atoms with Crippen LogP contribution in [-0.4, -0.2) is 32.6 Å². The number of aryl methyl sites for hydroxylation is 2. The maximum Gasteiger partial charge on any atom is 0.137 e. The lowest BCUT2D eigenvalue weighted by Crippen LogP contribution is -2.35. The first kappa shape index (κ1) is 15.3. The lowest BCUT2D eigenvalue weighted by molar-refractivity contribution is 0.0475. The largest absolute Gasteiger partial charge is 0.465 e. The molecule has 5 heteroatoms. The third-order valence-electron chi connectivity index (χ3n) is 4.65. The number of likely N-dealkylation sites (tertiary alicyclic amines) is 1. The molecule has 0 aliphatic carbocycles. The van der Waals surface area contributed by atoms with Crippen molar-refractivity contribution in [3.05, 3.63) is 41.9 Å². The zero-order chi connectivity index (χ0) is 15.5. The lowest BCUT2D eigenvalue weighted by Gasteiger charge is -2.33. The first-order valence-electron chi connectivity index (χ1n) is 8.12. The fraction of sp³-hybridized carbons (Fsp3) is 0.588. The third kappa shape index (κ3) is 3.25. The highest BCUT2D eigenvalue weighted by Crippen LogP contribution is 2.30. The monoisotopic (exact) mass is 303 g/mol. The number of hydrogen-bond donors (Lipinski definition) is 1. The molecule has 2 aromatic rings. The van der Waals surface area contributed by atoms with E-state index >= 15 is 0 Å². The number of aromatic nitrogens is 2. The summed E-state index contributed by atoms with van der Waals surface area (Å²) in [4.78, 5) is 6.68. The first-order chi connectivity index (χ1) is 10.7. The second kappa shape index (κ2) is 6.67. The van der Waals surface area contributed by atoms with Gasteiger partial charge >= 0.3 is 0 Å². The molecule has 0 saturated carbocycles. The molecule has 0 unspecified atom stereocenters. The minimum Gasteiger partial charge on any atom is -0.465 e. The van der Waals surface area contributed by atoms with Crippen LogP contribution in [0, 0.1) is 5.92 Å². The smallest absolute Gasteiger partial charge is 0.137 e. The topological polar surface area (TPSA) is 54.4 Å². The van der Waals surface area contributed by atoms with Gasteiger partial charge in [-0.05, 0) is 44.0 Å². The van der Waals surface area contributed by atoms with Crippen molar-refractivity contribution in [3.8, 4) is 0 Å². The Morgan fingerprint density at radius 2 is 2.05 bits per heavy atom. The third-order valence-corrected chi connectivity index (χ3v) is 4.65. The predicted molar refractivity (Wildman–Crippen MR) is 84.3 cm³/mol. The molecule has 1 saturated heterocycles. The van der Waals surface area contributed by atoms with Crippen LogP contribution in [0.5, 0.6) is 0 Å². The number of aliphatic hydroxyl groups is 1. The number of imidazole rings is 1. The molecular weight excluding hydrogens is 278 g/mol. The summed E-state index contributed by atoms with van der Waals surface area (Å²) >= 11 is 0. The predicted octanol–water partition coefficient (Wildman–Crippen LogP) is 2.52. The van der Waals surface area contributed by atoms with Crippen LogP contribution in [0.1, 0.15) is 43.2 Å². The molecule has 1 fully saturated rings. The molecule has 0 amide bonds. The molecule has 22 heavy (non-hydrogen) atoms. The molecular formula is C17H25N3O2. The van der Waals surface area contributed by atoms with Crippen LogP contribution in [0.25, 0.3) is 0 Å². The van der Waals surface area contributed by atoms with E-state index in [0.29, 0.717) is 5.92 Å². The van der Waals surface area contributed by atoms with E-state index in [1.165, 1.54) is 0 Å². The molecule has 120 valence electrons. The molecule has 1 N–H and O–H groups in total. The van der Waals surface area contributed by atoms with Crippen molar-refractivity contribution in [2.45, 2.75) is 38.8 Å². The second-order valence-corrected chi connectivity index (χ2v) is 6.18. The van der Waals surface area contributed by atoms with Gasteiger partial charge < -0.3 is 14.1 Å². The van der Waals surface area contributed by atoms with Crippen LogP contribution >= 0.6 is 0 Å². The Kier molecular flexibility index (Phi) is 4.64. The number of piperidine rings is 1. The van der Waals surface area contributed by atoms with Gasteiger partial charge in [-0.2, -0.15) is 0 Å². The van der Waals surface area contributed by atoms with Crippen molar-refractivity contribution < 1.29 is 9.52 Å². The summed E-state index contributed by atoms with van der Waals surface area (Å²) in [6.45, 7) is 4.96. The fourth-order valence-electron chi connectivity index (χ4n) is 3.22. The molecule has 0 spiro atoms. The van der Waals surface area contributed by atoms with E-state index in [1.54, 1.807) is 6.20 Å². The Bertz CT molecular complexity index is 597. The summed E-state index contributed by atoms with van der Waals surface area (Å²) < 4.78 is 7.69. The summed E-state index contributed by atoms with van der Waals surface area (Å²) in [6.07, 6.45) is 6.10. The molecule has 1 aliphatic rings. The van der Waals surface area contributed by atoms with Crippen LogP contribution in [0.3, 0.4) is 0 Å². The van der Waals surface area contributed by atoms with Gasteiger partial charge in [-0.1, -0.05) is 6.92 Å². The van der Waals surface area contributed by atoms with Crippen molar-refractivity contribution in [1.82, 2.24) is 14.5 Å². The standard InChI is InChI=1S/C17H25N3O2/c1-3-14-4-5-15(22-14)12-20-9-6-13(7-10-20)16(21)17-18-8-11-19(17)2/h4-5,8,11,13,16,21H,3,6-7,9-10,12H2,1-2H3/t16-/m0/s1. The Labute approximate surface area is 131 Å². The van der Waals surface area contributed by atoms with Gasteiger partial charge in [-0.3, -0.25) is 4.90 Å². The van der Waals surface area contributed by atoms with Crippen LogP contribution in [0.4, 0.5) is 0 Å². The van der Waals surface area contributed by atoms with Crippen molar-refractivity contribution in [2.24, 2.45) is 13.0 Å². The molecule has 5 nitrogen and oxygen atoms in total. The van der Waals surface area contributed by atoms with Crippen molar-refractivity contribution >= 4 is 0 Å². The Morgan fingerprint density at radius 3 is 2.64 bits per heavy atom. The maximum atomic E-state index is 10.5. The van der Waals surface area contributed by atoms with E-state index < -0.39 is 6.10 Å². The number of furan rings is 1. The molecule has 3 rings (SSSR count). The van der Waals surface area contributed by atoms with E-state index in [1.807, 2.05) is 17.8 Å².